The number of carbonyl (C=O) groups excluding carboxylic acids is 1. The van der Waals surface area contributed by atoms with Crippen LogP contribution in [-0.4, -0.2) is 42.3 Å². The summed E-state index contributed by atoms with van der Waals surface area (Å²) in [6, 6.07) is 7.16. The van der Waals surface area contributed by atoms with E-state index in [0.29, 0.717) is 24.4 Å². The normalized spacial score (nSPS) is 27.7. The Balaban J connectivity index is 1.71. The Morgan fingerprint density at radius 3 is 2.65 bits per heavy atom. The molecule has 3 rings (SSSR count). The second-order valence-corrected chi connectivity index (χ2v) is 7.55. The summed E-state index contributed by atoms with van der Waals surface area (Å²) in [4.78, 5) is 14.1. The highest BCUT2D eigenvalue weighted by atomic mass is 19.1. The van der Waals surface area contributed by atoms with Crippen LogP contribution in [0.4, 0.5) is 9.18 Å². The number of hydrogen-bond acceptors (Lipinski definition) is 3. The Kier molecular flexibility index (Phi) is 4.32. The van der Waals surface area contributed by atoms with Gasteiger partial charge < -0.3 is 15.0 Å². The van der Waals surface area contributed by atoms with E-state index in [2.05, 4.69) is 5.32 Å². The second-order valence-electron chi connectivity index (χ2n) is 7.55. The highest BCUT2D eigenvalue weighted by molar-refractivity contribution is 5.68. The number of nitrogens with one attached hydrogen (secondary N) is 1. The standard InChI is InChI=1S/C18H25FN2O2/c1-18(2,3)23-17(22)21-9-8-16-15(11-21)14(10-20-16)12-4-6-13(19)7-5-12/h4-7,14-16,20H,8-11H2,1-3H3/t14-,15-,16-/m0/s1. The Morgan fingerprint density at radius 1 is 1.30 bits per heavy atom. The van der Waals surface area contributed by atoms with Crippen LogP contribution in [0.3, 0.4) is 0 Å². The van der Waals surface area contributed by atoms with Gasteiger partial charge in [0.2, 0.25) is 0 Å². The minimum atomic E-state index is -0.474. The molecule has 1 amide bonds. The van der Waals surface area contributed by atoms with Crippen LogP contribution in [-0.2, 0) is 4.74 Å². The molecule has 3 atom stereocenters. The zero-order chi connectivity index (χ0) is 16.6. The van der Waals surface area contributed by atoms with Crippen LogP contribution in [0.5, 0.6) is 0 Å². The van der Waals surface area contributed by atoms with Crippen LogP contribution in [0.1, 0.15) is 38.7 Å². The largest absolute Gasteiger partial charge is 0.444 e. The number of ether oxygens (including phenoxy) is 1. The molecule has 0 unspecified atom stereocenters. The van der Waals surface area contributed by atoms with E-state index in [1.54, 1.807) is 0 Å². The van der Waals surface area contributed by atoms with Crippen molar-refractivity contribution in [3.05, 3.63) is 35.6 Å². The third-order valence-electron chi connectivity index (χ3n) is 4.72. The SMILES string of the molecule is CC(C)(C)OC(=O)N1CC[C@@H]2NC[C@@H](c3ccc(F)cc3)[C@@H]2C1. The van der Waals surface area contributed by atoms with Gasteiger partial charge >= 0.3 is 6.09 Å². The van der Waals surface area contributed by atoms with Crippen molar-refractivity contribution in [2.24, 2.45) is 5.92 Å². The van der Waals surface area contributed by atoms with Crippen molar-refractivity contribution in [2.45, 2.75) is 44.8 Å². The zero-order valence-electron chi connectivity index (χ0n) is 14.0. The molecule has 23 heavy (non-hydrogen) atoms. The first kappa shape index (κ1) is 16.2. The molecule has 1 aromatic rings. The lowest BCUT2D eigenvalue weighted by Gasteiger charge is -2.37. The van der Waals surface area contributed by atoms with Gasteiger partial charge in [-0.25, -0.2) is 9.18 Å². The fourth-order valence-electron chi connectivity index (χ4n) is 3.64. The summed E-state index contributed by atoms with van der Waals surface area (Å²) in [7, 11) is 0. The number of piperidine rings is 1. The van der Waals surface area contributed by atoms with Crippen molar-refractivity contribution in [2.75, 3.05) is 19.6 Å². The van der Waals surface area contributed by atoms with Gasteiger partial charge in [0.05, 0.1) is 0 Å². The molecule has 0 bridgehead atoms. The molecule has 126 valence electrons. The monoisotopic (exact) mass is 320 g/mol. The highest BCUT2D eigenvalue weighted by Gasteiger charge is 2.42. The van der Waals surface area contributed by atoms with E-state index in [1.165, 1.54) is 12.1 Å². The lowest BCUT2D eigenvalue weighted by Crippen LogP contribution is -2.49. The van der Waals surface area contributed by atoms with Gasteiger partial charge in [-0.3, -0.25) is 0 Å². The Hall–Kier alpha value is -1.62. The Bertz CT molecular complexity index is 567. The molecule has 1 aromatic carbocycles. The average Bonchev–Trinajstić information content (AvgIpc) is 2.89. The maximum atomic E-state index is 13.1. The fraction of sp³-hybridized carbons (Fsp3) is 0.611. The fourth-order valence-corrected chi connectivity index (χ4v) is 3.64. The van der Waals surface area contributed by atoms with Crippen LogP contribution < -0.4 is 5.32 Å². The second kappa shape index (κ2) is 6.11. The molecule has 0 aliphatic carbocycles. The van der Waals surface area contributed by atoms with Crippen molar-refractivity contribution < 1.29 is 13.9 Å². The molecule has 1 N–H and O–H groups in total. The van der Waals surface area contributed by atoms with E-state index >= 15 is 0 Å². The van der Waals surface area contributed by atoms with Gasteiger partial charge in [-0.05, 0) is 44.9 Å². The van der Waals surface area contributed by atoms with Crippen molar-refractivity contribution in [1.82, 2.24) is 10.2 Å². The van der Waals surface area contributed by atoms with E-state index < -0.39 is 5.60 Å². The zero-order valence-corrected chi connectivity index (χ0v) is 14.0. The molecule has 2 aliphatic heterocycles. The summed E-state index contributed by atoms with van der Waals surface area (Å²) < 4.78 is 18.6. The predicted octanol–water partition coefficient (Wildman–Crippen LogP) is 3.14. The average molecular weight is 320 g/mol. The highest BCUT2D eigenvalue weighted by Crippen LogP contribution is 2.36. The van der Waals surface area contributed by atoms with E-state index in [-0.39, 0.29) is 11.9 Å². The number of hydrogen-bond donors (Lipinski definition) is 1. The molecule has 0 spiro atoms. The molecule has 5 heteroatoms. The van der Waals surface area contributed by atoms with E-state index in [1.807, 2.05) is 37.8 Å². The van der Waals surface area contributed by atoms with E-state index in [0.717, 1.165) is 25.1 Å². The van der Waals surface area contributed by atoms with Crippen molar-refractivity contribution >= 4 is 6.09 Å². The molecule has 2 aliphatic rings. The summed E-state index contributed by atoms with van der Waals surface area (Å²) in [5, 5.41) is 3.56. The topological polar surface area (TPSA) is 41.6 Å². The molecule has 0 aromatic heterocycles. The molecule has 0 saturated carbocycles. The first-order chi connectivity index (χ1) is 10.8. The number of amides is 1. The Morgan fingerprint density at radius 2 is 2.00 bits per heavy atom. The van der Waals surface area contributed by atoms with E-state index in [9.17, 15) is 9.18 Å². The van der Waals surface area contributed by atoms with Gasteiger partial charge in [-0.1, -0.05) is 12.1 Å². The van der Waals surface area contributed by atoms with Crippen molar-refractivity contribution in [3.8, 4) is 0 Å². The molecule has 2 fully saturated rings. The van der Waals surface area contributed by atoms with Gasteiger partial charge in [-0.2, -0.15) is 0 Å². The summed E-state index contributed by atoms with van der Waals surface area (Å²) in [6.07, 6.45) is 0.697. The maximum Gasteiger partial charge on any atom is 0.410 e. The van der Waals surface area contributed by atoms with Crippen LogP contribution in [0.2, 0.25) is 0 Å². The van der Waals surface area contributed by atoms with Crippen LogP contribution >= 0.6 is 0 Å². The van der Waals surface area contributed by atoms with Crippen molar-refractivity contribution in [1.29, 1.82) is 0 Å². The summed E-state index contributed by atoms with van der Waals surface area (Å²) >= 11 is 0. The third-order valence-corrected chi connectivity index (χ3v) is 4.72. The number of rotatable bonds is 1. The van der Waals surface area contributed by atoms with Gasteiger partial charge in [-0.15, -0.1) is 0 Å². The maximum absolute atomic E-state index is 13.1. The van der Waals surface area contributed by atoms with Crippen LogP contribution in [0, 0.1) is 11.7 Å². The quantitative estimate of drug-likeness (QED) is 0.864. The Labute approximate surface area is 137 Å². The molecular formula is C18H25FN2O2. The first-order valence-electron chi connectivity index (χ1n) is 8.30. The van der Waals surface area contributed by atoms with Gasteiger partial charge in [0.1, 0.15) is 11.4 Å². The molecule has 2 saturated heterocycles. The predicted molar refractivity (Wildman–Crippen MR) is 86.8 cm³/mol. The summed E-state index contributed by atoms with van der Waals surface area (Å²) in [5.41, 5.74) is 0.663. The lowest BCUT2D eigenvalue weighted by atomic mass is 9.82. The van der Waals surface area contributed by atoms with Gasteiger partial charge in [0, 0.05) is 37.5 Å². The lowest BCUT2D eigenvalue weighted by molar-refractivity contribution is 0.0149. The summed E-state index contributed by atoms with van der Waals surface area (Å²) in [5.74, 6) is 0.447. The minimum absolute atomic E-state index is 0.213. The molecule has 0 radical (unpaired) electrons. The van der Waals surface area contributed by atoms with Crippen LogP contribution in [0.25, 0.3) is 0 Å². The number of benzene rings is 1. The molecular weight excluding hydrogens is 295 g/mol. The summed E-state index contributed by atoms with van der Waals surface area (Å²) in [6.45, 7) is 7.94. The van der Waals surface area contributed by atoms with Crippen LogP contribution in [0.15, 0.2) is 24.3 Å². The smallest absolute Gasteiger partial charge is 0.410 e. The third kappa shape index (κ3) is 3.66. The van der Waals surface area contributed by atoms with E-state index in [4.69, 9.17) is 4.74 Å². The number of fused-ring (bicyclic) bond motifs is 1. The molecule has 2 heterocycles. The first-order valence-corrected chi connectivity index (χ1v) is 8.30. The number of carbonyl (C=O) groups is 1. The molecule has 4 nitrogen and oxygen atoms in total. The number of halogens is 1. The number of likely N-dealkylation sites (tertiary alicyclic amines) is 1. The number of nitrogens with zero attached hydrogens (tertiary/aromatic N) is 1. The van der Waals surface area contributed by atoms with Gasteiger partial charge in [0.15, 0.2) is 0 Å². The van der Waals surface area contributed by atoms with Gasteiger partial charge in [0.25, 0.3) is 0 Å². The minimum Gasteiger partial charge on any atom is -0.444 e. The van der Waals surface area contributed by atoms with Crippen molar-refractivity contribution in [3.63, 3.8) is 0 Å².